The van der Waals surface area contributed by atoms with E-state index >= 15 is 0 Å². The van der Waals surface area contributed by atoms with Gasteiger partial charge in [-0.1, -0.05) is 18.5 Å². The Morgan fingerprint density at radius 3 is 2.65 bits per heavy atom. The van der Waals surface area contributed by atoms with E-state index in [0.717, 1.165) is 49.1 Å². The number of hydrogen-bond acceptors (Lipinski definition) is 4. The Morgan fingerprint density at radius 1 is 1.35 bits per heavy atom. The van der Waals surface area contributed by atoms with Crippen molar-refractivity contribution < 1.29 is 0 Å². The Hall–Kier alpha value is -0.840. The molecule has 1 fully saturated rings. The van der Waals surface area contributed by atoms with Crippen LogP contribution < -0.4 is 10.2 Å². The van der Waals surface area contributed by atoms with Gasteiger partial charge in [-0.25, -0.2) is 4.98 Å². The zero-order valence-electron chi connectivity index (χ0n) is 12.7. The molecule has 1 aromatic rings. The molecule has 5 heteroatoms. The summed E-state index contributed by atoms with van der Waals surface area (Å²) in [5, 5.41) is 3.88. The summed E-state index contributed by atoms with van der Waals surface area (Å²) in [6, 6.07) is 2.78. The molecule has 0 amide bonds. The maximum atomic E-state index is 6.17. The number of halogens is 1. The molecule has 0 saturated carbocycles. The lowest BCUT2D eigenvalue weighted by molar-refractivity contribution is 0.192. The van der Waals surface area contributed by atoms with Gasteiger partial charge in [0, 0.05) is 45.0 Å². The van der Waals surface area contributed by atoms with Gasteiger partial charge in [0.15, 0.2) is 0 Å². The molecule has 1 unspecified atom stereocenters. The predicted octanol–water partition coefficient (Wildman–Crippen LogP) is 2.37. The molecule has 0 radical (unpaired) electrons. The lowest BCUT2D eigenvalue weighted by Gasteiger charge is -2.38. The van der Waals surface area contributed by atoms with E-state index < -0.39 is 0 Å². The molecule has 0 spiro atoms. The maximum Gasteiger partial charge on any atom is 0.128 e. The normalized spacial score (nSPS) is 18.3. The molecule has 2 rings (SSSR count). The topological polar surface area (TPSA) is 31.4 Å². The third-order valence-electron chi connectivity index (χ3n) is 4.14. The summed E-state index contributed by atoms with van der Waals surface area (Å²) in [6.07, 6.45) is 2.98. The number of anilines is 1. The Morgan fingerprint density at radius 2 is 2.05 bits per heavy atom. The molecule has 1 atom stereocenters. The molecule has 112 valence electrons. The lowest BCUT2D eigenvalue weighted by atomic mass is 10.2. The van der Waals surface area contributed by atoms with Gasteiger partial charge in [-0.15, -0.1) is 0 Å². The molecule has 20 heavy (non-hydrogen) atoms. The molecular weight excluding hydrogens is 272 g/mol. The van der Waals surface area contributed by atoms with Crippen molar-refractivity contribution in [2.75, 3.05) is 38.1 Å². The van der Waals surface area contributed by atoms with Gasteiger partial charge < -0.3 is 10.2 Å². The highest BCUT2D eigenvalue weighted by Gasteiger charge is 2.21. The van der Waals surface area contributed by atoms with E-state index in [1.165, 1.54) is 6.42 Å². The molecule has 1 N–H and O–H groups in total. The first-order valence-electron chi connectivity index (χ1n) is 7.43. The van der Waals surface area contributed by atoms with Crippen LogP contribution in [-0.4, -0.2) is 49.2 Å². The summed E-state index contributed by atoms with van der Waals surface area (Å²) in [5.74, 6) is 1.04. The van der Waals surface area contributed by atoms with Crippen molar-refractivity contribution in [2.24, 2.45) is 0 Å². The van der Waals surface area contributed by atoms with Crippen LogP contribution in [0.3, 0.4) is 0 Å². The van der Waals surface area contributed by atoms with Gasteiger partial charge in [-0.3, -0.25) is 4.90 Å². The summed E-state index contributed by atoms with van der Waals surface area (Å²) in [5.41, 5.74) is 1.11. The number of rotatable bonds is 5. The minimum Gasteiger partial charge on any atom is -0.354 e. The smallest absolute Gasteiger partial charge is 0.128 e. The maximum absolute atomic E-state index is 6.17. The van der Waals surface area contributed by atoms with E-state index in [9.17, 15) is 0 Å². The molecule has 1 aliphatic heterocycles. The van der Waals surface area contributed by atoms with Crippen molar-refractivity contribution in [1.29, 1.82) is 0 Å². The van der Waals surface area contributed by atoms with Crippen molar-refractivity contribution in [2.45, 2.75) is 32.9 Å². The number of nitrogens with zero attached hydrogens (tertiary/aromatic N) is 3. The van der Waals surface area contributed by atoms with Gasteiger partial charge >= 0.3 is 0 Å². The Balaban J connectivity index is 2.01. The van der Waals surface area contributed by atoms with Gasteiger partial charge in [0.2, 0.25) is 0 Å². The molecule has 0 bridgehead atoms. The van der Waals surface area contributed by atoms with Crippen LogP contribution in [0.1, 0.15) is 25.8 Å². The lowest BCUT2D eigenvalue weighted by Crippen LogP contribution is -2.49. The van der Waals surface area contributed by atoms with Crippen molar-refractivity contribution >= 4 is 17.4 Å². The average molecular weight is 297 g/mol. The first kappa shape index (κ1) is 15.5. The highest BCUT2D eigenvalue weighted by atomic mass is 35.5. The highest BCUT2D eigenvalue weighted by Crippen LogP contribution is 2.22. The largest absolute Gasteiger partial charge is 0.354 e. The van der Waals surface area contributed by atoms with Crippen LogP contribution in [0.25, 0.3) is 0 Å². The Bertz CT molecular complexity index is 430. The fraction of sp³-hybridized carbons (Fsp3) is 0.667. The third-order valence-corrected chi connectivity index (χ3v) is 4.48. The van der Waals surface area contributed by atoms with Gasteiger partial charge in [0.25, 0.3) is 0 Å². The quantitative estimate of drug-likeness (QED) is 0.904. The van der Waals surface area contributed by atoms with Crippen LogP contribution in [-0.2, 0) is 6.54 Å². The second kappa shape index (κ2) is 7.25. The SMILES string of the molecule is CCC(C)N1CCN(c2cc(CNC)c(Cl)cn2)CC1. The van der Waals surface area contributed by atoms with Crippen molar-refractivity contribution in [1.82, 2.24) is 15.2 Å². The first-order valence-corrected chi connectivity index (χ1v) is 7.81. The monoisotopic (exact) mass is 296 g/mol. The summed E-state index contributed by atoms with van der Waals surface area (Å²) >= 11 is 6.17. The van der Waals surface area contributed by atoms with E-state index in [1.54, 1.807) is 6.20 Å². The number of pyridine rings is 1. The van der Waals surface area contributed by atoms with Crippen LogP contribution in [0, 0.1) is 0 Å². The molecule has 4 nitrogen and oxygen atoms in total. The summed E-state index contributed by atoms with van der Waals surface area (Å²) < 4.78 is 0. The van der Waals surface area contributed by atoms with Crippen molar-refractivity contribution in [3.8, 4) is 0 Å². The van der Waals surface area contributed by atoms with E-state index in [4.69, 9.17) is 11.6 Å². The van der Waals surface area contributed by atoms with Crippen LogP contribution in [0.5, 0.6) is 0 Å². The van der Waals surface area contributed by atoms with E-state index in [-0.39, 0.29) is 0 Å². The molecule has 0 aliphatic carbocycles. The van der Waals surface area contributed by atoms with Crippen LogP contribution in [0.15, 0.2) is 12.3 Å². The standard InChI is InChI=1S/C15H25ClN4/c1-4-12(2)19-5-7-20(8-6-19)15-9-13(10-17-3)14(16)11-18-15/h9,11-12,17H,4-8,10H2,1-3H3. The average Bonchev–Trinajstić information content (AvgIpc) is 2.49. The van der Waals surface area contributed by atoms with Gasteiger partial charge in [0.05, 0.1) is 5.02 Å². The summed E-state index contributed by atoms with van der Waals surface area (Å²) in [4.78, 5) is 9.39. The first-order chi connectivity index (χ1) is 9.65. The number of hydrogen-bond donors (Lipinski definition) is 1. The predicted molar refractivity (Wildman–Crippen MR) is 85.5 cm³/mol. The van der Waals surface area contributed by atoms with Crippen LogP contribution >= 0.6 is 11.6 Å². The molecule has 2 heterocycles. The van der Waals surface area contributed by atoms with Crippen LogP contribution in [0.2, 0.25) is 5.02 Å². The van der Waals surface area contributed by atoms with Crippen molar-refractivity contribution in [3.05, 3.63) is 22.8 Å². The molecule has 1 saturated heterocycles. The third kappa shape index (κ3) is 3.62. The van der Waals surface area contributed by atoms with Gasteiger partial charge in [0.1, 0.15) is 5.82 Å². The molecule has 1 aliphatic rings. The second-order valence-corrected chi connectivity index (χ2v) is 5.85. The fourth-order valence-electron chi connectivity index (χ4n) is 2.62. The zero-order valence-corrected chi connectivity index (χ0v) is 13.5. The fourth-order valence-corrected chi connectivity index (χ4v) is 2.79. The van der Waals surface area contributed by atoms with E-state index in [2.05, 4.69) is 40.0 Å². The van der Waals surface area contributed by atoms with E-state index in [0.29, 0.717) is 6.04 Å². The Labute approximate surface area is 127 Å². The number of piperazine rings is 1. The summed E-state index contributed by atoms with van der Waals surface area (Å²) in [7, 11) is 1.93. The number of aromatic nitrogens is 1. The minimum absolute atomic E-state index is 0.676. The van der Waals surface area contributed by atoms with Gasteiger partial charge in [-0.2, -0.15) is 0 Å². The molecule has 1 aromatic heterocycles. The Kier molecular flexibility index (Phi) is 5.64. The zero-order chi connectivity index (χ0) is 14.5. The molecule has 0 aromatic carbocycles. The molecular formula is C15H25ClN4. The van der Waals surface area contributed by atoms with Crippen molar-refractivity contribution in [3.63, 3.8) is 0 Å². The highest BCUT2D eigenvalue weighted by molar-refractivity contribution is 6.31. The number of nitrogens with one attached hydrogen (secondary N) is 1. The summed E-state index contributed by atoms with van der Waals surface area (Å²) in [6.45, 7) is 9.64. The van der Waals surface area contributed by atoms with Crippen LogP contribution in [0.4, 0.5) is 5.82 Å². The second-order valence-electron chi connectivity index (χ2n) is 5.44. The van der Waals surface area contributed by atoms with Gasteiger partial charge in [-0.05, 0) is 32.0 Å². The van der Waals surface area contributed by atoms with E-state index in [1.807, 2.05) is 7.05 Å². The minimum atomic E-state index is 0.676.